The highest BCUT2D eigenvalue weighted by Gasteiger charge is 2.30. The van der Waals surface area contributed by atoms with Crippen molar-refractivity contribution in [2.24, 2.45) is 0 Å². The quantitative estimate of drug-likeness (QED) is 0.273. The Bertz CT molecular complexity index is 1410. The second kappa shape index (κ2) is 7.35. The molecule has 5 aromatic rings. The largest absolute Gasteiger partial charge is 0.437 e. The van der Waals surface area contributed by atoms with Crippen LogP contribution >= 0.6 is 11.3 Å². The van der Waals surface area contributed by atoms with Crippen LogP contribution in [0.3, 0.4) is 0 Å². The summed E-state index contributed by atoms with van der Waals surface area (Å²) in [5, 5.41) is 14.3. The van der Waals surface area contributed by atoms with E-state index in [1.807, 2.05) is 53.9 Å². The third-order valence-corrected chi connectivity index (χ3v) is 5.95. The first-order valence-electron chi connectivity index (χ1n) is 9.49. The molecule has 0 fully saturated rings. The normalized spacial score (nSPS) is 11.9. The van der Waals surface area contributed by atoms with Crippen molar-refractivity contribution in [3.63, 3.8) is 0 Å². The summed E-state index contributed by atoms with van der Waals surface area (Å²) in [6.07, 6.45) is -4.41. The smallest absolute Gasteiger partial charge is 0.416 e. The van der Waals surface area contributed by atoms with E-state index in [0.29, 0.717) is 11.3 Å². The lowest BCUT2D eigenvalue weighted by atomic mass is 10.0. The Morgan fingerprint density at radius 1 is 0.839 bits per heavy atom. The highest BCUT2D eigenvalue weighted by molar-refractivity contribution is 7.13. The predicted octanol–water partition coefficient (Wildman–Crippen LogP) is 7.63. The number of hydrogen-bond acceptors (Lipinski definition) is 4. The zero-order valence-corrected chi connectivity index (χ0v) is 17.1. The number of rotatable bonds is 3. The minimum atomic E-state index is -4.41. The van der Waals surface area contributed by atoms with Gasteiger partial charge in [0.1, 0.15) is 11.4 Å². The molecule has 154 valence electrons. The SMILES string of the molecule is Cc1cc(C(F)(F)F)ccc1Oc1nnc(-c2cccs2)c2cc3ccccc3cc12. The first-order valence-corrected chi connectivity index (χ1v) is 10.4. The molecule has 31 heavy (non-hydrogen) atoms. The molecule has 0 aliphatic heterocycles. The van der Waals surface area contributed by atoms with Crippen molar-refractivity contribution in [1.82, 2.24) is 10.2 Å². The van der Waals surface area contributed by atoms with Crippen molar-refractivity contribution in [3.05, 3.63) is 83.2 Å². The van der Waals surface area contributed by atoms with Crippen LogP contribution in [0.5, 0.6) is 11.6 Å². The fourth-order valence-electron chi connectivity index (χ4n) is 3.53. The van der Waals surface area contributed by atoms with E-state index in [2.05, 4.69) is 10.2 Å². The minimum Gasteiger partial charge on any atom is -0.437 e. The van der Waals surface area contributed by atoms with Gasteiger partial charge in [0, 0.05) is 10.8 Å². The number of aryl methyl sites for hydroxylation is 1. The molecule has 0 bridgehead atoms. The topological polar surface area (TPSA) is 35.0 Å². The first kappa shape index (κ1) is 19.5. The molecule has 0 atom stereocenters. The van der Waals surface area contributed by atoms with Gasteiger partial charge < -0.3 is 4.74 Å². The fourth-order valence-corrected chi connectivity index (χ4v) is 4.25. The molecular formula is C24H15F3N2OS. The van der Waals surface area contributed by atoms with Gasteiger partial charge in [-0.3, -0.25) is 0 Å². The number of thiophene rings is 1. The van der Waals surface area contributed by atoms with E-state index in [1.54, 1.807) is 18.3 Å². The summed E-state index contributed by atoms with van der Waals surface area (Å²) in [5.74, 6) is 0.560. The third kappa shape index (κ3) is 3.61. The number of fused-ring (bicyclic) bond motifs is 2. The molecule has 0 aliphatic rings. The average Bonchev–Trinajstić information content (AvgIpc) is 3.28. The maximum Gasteiger partial charge on any atom is 0.416 e. The molecule has 3 nitrogen and oxygen atoms in total. The second-order valence-corrected chi connectivity index (χ2v) is 8.10. The summed E-state index contributed by atoms with van der Waals surface area (Å²) >= 11 is 1.56. The number of nitrogens with zero attached hydrogens (tertiary/aromatic N) is 2. The summed E-state index contributed by atoms with van der Waals surface area (Å²) in [6.45, 7) is 1.58. The van der Waals surface area contributed by atoms with Crippen LogP contribution in [0.15, 0.2) is 72.1 Å². The number of ether oxygens (including phenoxy) is 1. The van der Waals surface area contributed by atoms with Crippen LogP contribution in [0.1, 0.15) is 11.1 Å². The van der Waals surface area contributed by atoms with Crippen molar-refractivity contribution in [2.45, 2.75) is 13.1 Å². The van der Waals surface area contributed by atoms with Crippen LogP contribution in [-0.2, 0) is 6.18 Å². The Kier molecular flexibility index (Phi) is 4.63. The summed E-state index contributed by atoms with van der Waals surface area (Å²) < 4.78 is 45.0. The van der Waals surface area contributed by atoms with Crippen molar-refractivity contribution < 1.29 is 17.9 Å². The van der Waals surface area contributed by atoms with E-state index in [4.69, 9.17) is 4.74 Å². The Labute approximate surface area is 179 Å². The van der Waals surface area contributed by atoms with Crippen molar-refractivity contribution in [1.29, 1.82) is 0 Å². The van der Waals surface area contributed by atoms with Crippen molar-refractivity contribution in [2.75, 3.05) is 0 Å². The molecule has 0 aliphatic carbocycles. The molecule has 5 rings (SSSR count). The number of hydrogen-bond donors (Lipinski definition) is 0. The molecule has 3 aromatic carbocycles. The molecular weight excluding hydrogens is 421 g/mol. The van der Waals surface area contributed by atoms with Crippen LogP contribution in [-0.4, -0.2) is 10.2 Å². The van der Waals surface area contributed by atoms with Gasteiger partial charge in [-0.25, -0.2) is 0 Å². The van der Waals surface area contributed by atoms with Gasteiger partial charge in [0.2, 0.25) is 5.88 Å². The minimum absolute atomic E-state index is 0.254. The zero-order chi connectivity index (χ0) is 21.6. The highest BCUT2D eigenvalue weighted by atomic mass is 32.1. The lowest BCUT2D eigenvalue weighted by Crippen LogP contribution is -2.05. The van der Waals surface area contributed by atoms with E-state index >= 15 is 0 Å². The summed E-state index contributed by atoms with van der Waals surface area (Å²) in [5.41, 5.74) is 0.396. The van der Waals surface area contributed by atoms with Gasteiger partial charge >= 0.3 is 6.18 Å². The van der Waals surface area contributed by atoms with Crippen LogP contribution in [0.4, 0.5) is 13.2 Å². The van der Waals surface area contributed by atoms with Crippen LogP contribution in [0.25, 0.3) is 32.1 Å². The van der Waals surface area contributed by atoms with E-state index in [0.717, 1.165) is 44.2 Å². The molecule has 0 radical (unpaired) electrons. The monoisotopic (exact) mass is 436 g/mol. The van der Waals surface area contributed by atoms with E-state index in [-0.39, 0.29) is 5.88 Å². The number of aromatic nitrogens is 2. The third-order valence-electron chi connectivity index (χ3n) is 5.08. The Hall–Kier alpha value is -3.45. The Morgan fingerprint density at radius 2 is 1.58 bits per heavy atom. The van der Waals surface area contributed by atoms with Gasteiger partial charge in [-0.05, 0) is 65.0 Å². The Balaban J connectivity index is 1.67. The highest BCUT2D eigenvalue weighted by Crippen LogP contribution is 2.38. The van der Waals surface area contributed by atoms with E-state index in [1.165, 1.54) is 6.07 Å². The fraction of sp³-hybridized carbons (Fsp3) is 0.0833. The molecule has 7 heteroatoms. The predicted molar refractivity (Wildman–Crippen MR) is 117 cm³/mol. The summed E-state index contributed by atoms with van der Waals surface area (Å²) in [7, 11) is 0. The number of halogens is 3. The second-order valence-electron chi connectivity index (χ2n) is 7.16. The van der Waals surface area contributed by atoms with Crippen molar-refractivity contribution >= 4 is 32.9 Å². The standard InChI is InChI=1S/C24H15F3N2OS/c1-14-11-17(24(25,26)27)8-9-20(14)30-23-19-13-16-6-3-2-5-15(16)12-18(19)22(28-29-23)21-7-4-10-31-21/h2-13H,1H3. The summed E-state index contributed by atoms with van der Waals surface area (Å²) in [6, 6.07) is 19.3. The van der Waals surface area contributed by atoms with Crippen LogP contribution in [0.2, 0.25) is 0 Å². The van der Waals surface area contributed by atoms with Crippen molar-refractivity contribution in [3.8, 4) is 22.2 Å². The Morgan fingerprint density at radius 3 is 2.23 bits per heavy atom. The average molecular weight is 436 g/mol. The maximum atomic E-state index is 13.0. The zero-order valence-electron chi connectivity index (χ0n) is 16.3. The van der Waals surface area contributed by atoms with Gasteiger partial charge in [-0.15, -0.1) is 21.5 Å². The van der Waals surface area contributed by atoms with Crippen LogP contribution < -0.4 is 4.74 Å². The molecule has 0 amide bonds. The first-order chi connectivity index (χ1) is 14.9. The summed E-state index contributed by atoms with van der Waals surface area (Å²) in [4.78, 5) is 0.977. The maximum absolute atomic E-state index is 13.0. The molecule has 0 saturated heterocycles. The molecule has 0 saturated carbocycles. The lowest BCUT2D eigenvalue weighted by Gasteiger charge is -2.14. The van der Waals surface area contributed by atoms with Gasteiger partial charge in [0.25, 0.3) is 0 Å². The molecule has 2 heterocycles. The molecule has 0 N–H and O–H groups in total. The van der Waals surface area contributed by atoms with Gasteiger partial charge in [0.05, 0.1) is 10.4 Å². The van der Waals surface area contributed by atoms with E-state index < -0.39 is 11.7 Å². The van der Waals surface area contributed by atoms with Gasteiger partial charge in [0.15, 0.2) is 0 Å². The molecule has 0 unspecified atom stereocenters. The molecule has 0 spiro atoms. The van der Waals surface area contributed by atoms with E-state index in [9.17, 15) is 13.2 Å². The van der Waals surface area contributed by atoms with Crippen LogP contribution in [0, 0.1) is 6.92 Å². The number of benzene rings is 3. The van der Waals surface area contributed by atoms with Gasteiger partial charge in [-0.1, -0.05) is 30.3 Å². The molecule has 2 aromatic heterocycles. The van der Waals surface area contributed by atoms with Gasteiger partial charge in [-0.2, -0.15) is 13.2 Å². The lowest BCUT2D eigenvalue weighted by molar-refractivity contribution is -0.137. The number of alkyl halides is 3.